The molecule has 4 nitrogen and oxygen atoms in total. The normalized spacial score (nSPS) is 11.8. The zero-order chi connectivity index (χ0) is 14.0. The summed E-state index contributed by atoms with van der Waals surface area (Å²) in [6.07, 6.45) is 1.15. The number of rotatable bonds is 4. The molecule has 0 heterocycles. The first-order valence-corrected chi connectivity index (χ1v) is 7.75. The van der Waals surface area contributed by atoms with Gasteiger partial charge in [-0.1, -0.05) is 12.1 Å². The molecular weight excluding hydrogens is 262 g/mol. The number of hydrogen-bond donors (Lipinski definition) is 1. The van der Waals surface area contributed by atoms with Gasteiger partial charge in [0, 0.05) is 16.8 Å². The predicted octanol–water partition coefficient (Wildman–Crippen LogP) is 2.60. The van der Waals surface area contributed by atoms with Crippen molar-refractivity contribution in [1.29, 1.82) is 0 Å². The lowest BCUT2D eigenvalue weighted by Gasteiger charge is -2.14. The van der Waals surface area contributed by atoms with E-state index in [2.05, 4.69) is 16.9 Å². The molecule has 0 spiro atoms. The van der Waals surface area contributed by atoms with Crippen LogP contribution in [0.4, 0.5) is 5.69 Å². The van der Waals surface area contributed by atoms with Crippen LogP contribution in [0, 0.1) is 12.1 Å². The maximum absolute atomic E-state index is 11.3. The lowest BCUT2D eigenvalue weighted by atomic mass is 10.1. The molecule has 5 heteroatoms. The van der Waals surface area contributed by atoms with E-state index in [0.29, 0.717) is 16.8 Å². The van der Waals surface area contributed by atoms with E-state index in [4.69, 9.17) is 4.74 Å². The van der Waals surface area contributed by atoms with Gasteiger partial charge in [-0.25, -0.2) is 8.42 Å². The highest BCUT2D eigenvalue weighted by Gasteiger charge is 2.10. The van der Waals surface area contributed by atoms with E-state index in [9.17, 15) is 8.42 Å². The summed E-state index contributed by atoms with van der Waals surface area (Å²) in [6, 6.07) is 12.8. The quantitative estimate of drug-likeness (QED) is 0.934. The standard InChI is InChI=1S/C14H15NO3S/c1-10(2)18-14-9-5-6-11-12(14)7-4-8-13(11)15-19(3,16)17/h4,7-10,15H,1-3H3. The second-order valence-corrected chi connectivity index (χ2v) is 6.30. The molecule has 1 N–H and O–H groups in total. The summed E-state index contributed by atoms with van der Waals surface area (Å²) < 4.78 is 30.8. The van der Waals surface area contributed by atoms with Gasteiger partial charge in [-0.2, -0.15) is 0 Å². The Morgan fingerprint density at radius 2 is 2.05 bits per heavy atom. The summed E-state index contributed by atoms with van der Waals surface area (Å²) in [6.45, 7) is 3.86. The predicted molar refractivity (Wildman–Crippen MR) is 75.9 cm³/mol. The molecule has 0 bridgehead atoms. The van der Waals surface area contributed by atoms with Crippen LogP contribution in [0.25, 0.3) is 10.8 Å². The van der Waals surface area contributed by atoms with Crippen molar-refractivity contribution in [2.45, 2.75) is 20.0 Å². The molecule has 2 aromatic carbocycles. The minimum Gasteiger partial charge on any atom is -0.490 e. The van der Waals surface area contributed by atoms with Gasteiger partial charge in [-0.15, -0.1) is 0 Å². The van der Waals surface area contributed by atoms with E-state index in [0.717, 1.165) is 11.6 Å². The number of benzene rings is 2. The van der Waals surface area contributed by atoms with Crippen molar-refractivity contribution in [3.8, 4) is 5.75 Å². The molecule has 100 valence electrons. The molecule has 0 aliphatic heterocycles. The Balaban J connectivity index is 2.57. The van der Waals surface area contributed by atoms with E-state index >= 15 is 0 Å². The van der Waals surface area contributed by atoms with Crippen LogP contribution in [0.5, 0.6) is 5.75 Å². The second kappa shape index (κ2) is 5.09. The number of fused-ring (bicyclic) bond motifs is 1. The number of ether oxygens (including phenoxy) is 1. The molecule has 0 atom stereocenters. The lowest BCUT2D eigenvalue weighted by molar-refractivity contribution is 0.245. The molecule has 2 radical (unpaired) electrons. The fourth-order valence-corrected chi connectivity index (χ4v) is 2.35. The average molecular weight is 277 g/mol. The average Bonchev–Trinajstić information content (AvgIpc) is 2.27. The van der Waals surface area contributed by atoms with E-state index in [-0.39, 0.29) is 6.10 Å². The highest BCUT2D eigenvalue weighted by atomic mass is 32.2. The maximum atomic E-state index is 11.3. The first-order chi connectivity index (χ1) is 8.87. The zero-order valence-corrected chi connectivity index (χ0v) is 11.8. The highest BCUT2D eigenvalue weighted by Crippen LogP contribution is 2.31. The number of hydrogen-bond acceptors (Lipinski definition) is 3. The topological polar surface area (TPSA) is 55.4 Å². The number of sulfonamides is 1. The second-order valence-electron chi connectivity index (χ2n) is 4.55. The van der Waals surface area contributed by atoms with Crippen LogP contribution in [0.3, 0.4) is 0 Å². The molecule has 0 amide bonds. The minimum absolute atomic E-state index is 0.0329. The van der Waals surface area contributed by atoms with Crippen molar-refractivity contribution >= 4 is 26.5 Å². The van der Waals surface area contributed by atoms with Crippen LogP contribution in [0.1, 0.15) is 13.8 Å². The van der Waals surface area contributed by atoms with Gasteiger partial charge < -0.3 is 4.74 Å². The Morgan fingerprint density at radius 3 is 2.68 bits per heavy atom. The van der Waals surface area contributed by atoms with Gasteiger partial charge in [0.2, 0.25) is 10.0 Å². The van der Waals surface area contributed by atoms with Gasteiger partial charge in [0.15, 0.2) is 0 Å². The summed E-state index contributed by atoms with van der Waals surface area (Å²) in [4.78, 5) is 0. The summed E-state index contributed by atoms with van der Waals surface area (Å²) >= 11 is 0. The molecule has 0 aliphatic rings. The monoisotopic (exact) mass is 277 g/mol. The molecule has 0 unspecified atom stereocenters. The first-order valence-electron chi connectivity index (χ1n) is 5.86. The Hall–Kier alpha value is -1.75. The van der Waals surface area contributed by atoms with E-state index in [1.54, 1.807) is 18.2 Å². The van der Waals surface area contributed by atoms with Crippen molar-refractivity contribution in [3.63, 3.8) is 0 Å². The highest BCUT2D eigenvalue weighted by molar-refractivity contribution is 7.92. The fraction of sp³-hybridized carbons (Fsp3) is 0.286. The van der Waals surface area contributed by atoms with Crippen LogP contribution < -0.4 is 9.46 Å². The summed E-state index contributed by atoms with van der Waals surface area (Å²) in [5.41, 5.74) is 0.477. The molecular formula is C14H15NO3S. The smallest absolute Gasteiger partial charge is 0.229 e. The third-order valence-corrected chi connectivity index (χ3v) is 2.98. The molecule has 19 heavy (non-hydrogen) atoms. The fourth-order valence-electron chi connectivity index (χ4n) is 1.78. The summed E-state index contributed by atoms with van der Waals surface area (Å²) in [7, 11) is -3.33. The van der Waals surface area contributed by atoms with Gasteiger partial charge in [0.25, 0.3) is 0 Å². The third kappa shape index (κ3) is 3.38. The number of anilines is 1. The van der Waals surface area contributed by atoms with Crippen molar-refractivity contribution in [2.24, 2.45) is 0 Å². The maximum Gasteiger partial charge on any atom is 0.229 e. The molecule has 0 aliphatic carbocycles. The Bertz CT molecular complexity index is 693. The Morgan fingerprint density at radius 1 is 1.32 bits per heavy atom. The van der Waals surface area contributed by atoms with Gasteiger partial charge in [0.05, 0.1) is 18.0 Å². The molecule has 0 fully saturated rings. The van der Waals surface area contributed by atoms with Gasteiger partial charge in [-0.05, 0) is 32.0 Å². The summed E-state index contributed by atoms with van der Waals surface area (Å²) in [5, 5.41) is 1.45. The first kappa shape index (κ1) is 13.7. The molecule has 0 saturated carbocycles. The van der Waals surface area contributed by atoms with Crippen LogP contribution in [0.2, 0.25) is 0 Å². The minimum atomic E-state index is -3.33. The lowest BCUT2D eigenvalue weighted by Crippen LogP contribution is -2.10. The molecule has 0 saturated heterocycles. The van der Waals surface area contributed by atoms with Crippen LogP contribution >= 0.6 is 0 Å². The largest absolute Gasteiger partial charge is 0.490 e. The van der Waals surface area contributed by atoms with Crippen molar-refractivity contribution < 1.29 is 13.2 Å². The van der Waals surface area contributed by atoms with Crippen molar-refractivity contribution in [2.75, 3.05) is 11.0 Å². The molecule has 2 aromatic rings. The van der Waals surface area contributed by atoms with Crippen LogP contribution in [-0.2, 0) is 10.0 Å². The van der Waals surface area contributed by atoms with E-state index in [1.807, 2.05) is 19.9 Å². The Labute approximate surface area is 113 Å². The van der Waals surface area contributed by atoms with Crippen LogP contribution in [0.15, 0.2) is 24.3 Å². The molecule has 2 rings (SSSR count). The van der Waals surface area contributed by atoms with Crippen molar-refractivity contribution in [1.82, 2.24) is 0 Å². The van der Waals surface area contributed by atoms with Crippen LogP contribution in [-0.4, -0.2) is 20.8 Å². The van der Waals surface area contributed by atoms with E-state index in [1.165, 1.54) is 0 Å². The van der Waals surface area contributed by atoms with E-state index < -0.39 is 10.0 Å². The zero-order valence-electron chi connectivity index (χ0n) is 11.0. The van der Waals surface area contributed by atoms with Gasteiger partial charge in [0.1, 0.15) is 5.75 Å². The Kier molecular flexibility index (Phi) is 3.66. The molecule has 0 aromatic heterocycles. The SMILES string of the molecule is CC(C)Oc1c[c][c]c2c(NS(C)(=O)=O)cccc12. The van der Waals surface area contributed by atoms with Gasteiger partial charge >= 0.3 is 0 Å². The summed E-state index contributed by atoms with van der Waals surface area (Å²) in [5.74, 6) is 0.668. The number of nitrogens with one attached hydrogen (secondary N) is 1. The van der Waals surface area contributed by atoms with Crippen molar-refractivity contribution in [3.05, 3.63) is 36.4 Å². The third-order valence-electron chi connectivity index (χ3n) is 2.39. The van der Waals surface area contributed by atoms with Gasteiger partial charge in [-0.3, -0.25) is 4.72 Å².